The topological polar surface area (TPSA) is 66.5 Å². The molecule has 1 aromatic heterocycles. The molecule has 7 heteroatoms. The third-order valence-corrected chi connectivity index (χ3v) is 5.56. The normalized spacial score (nSPS) is 20.1. The van der Waals surface area contributed by atoms with Gasteiger partial charge in [0.25, 0.3) is 5.91 Å². The molecule has 1 fully saturated rings. The Morgan fingerprint density at radius 2 is 1.88 bits per heavy atom. The fourth-order valence-electron chi connectivity index (χ4n) is 2.96. The van der Waals surface area contributed by atoms with E-state index in [0.29, 0.717) is 16.1 Å². The number of halogens is 1. The highest BCUT2D eigenvalue weighted by molar-refractivity contribution is 7.12. The van der Waals surface area contributed by atoms with Crippen molar-refractivity contribution in [3.63, 3.8) is 0 Å². The number of hydrogen-bond acceptors (Lipinski definition) is 4. The third kappa shape index (κ3) is 3.07. The number of urea groups is 1. The molecular formula is C18H17ClN2O3S. The molecule has 2 aromatic rings. The number of benzene rings is 1. The SMILES string of the molecule is Cc1cc(C(=O)CN2C(=O)N[C@](C)(c3ccc(Cl)cc3)C2=O)c(C)s1. The number of hydrogen-bond donors (Lipinski definition) is 1. The molecule has 0 unspecified atom stereocenters. The first kappa shape index (κ1) is 17.6. The van der Waals surface area contributed by atoms with Crippen molar-refractivity contribution in [2.24, 2.45) is 0 Å². The lowest BCUT2D eigenvalue weighted by atomic mass is 9.92. The minimum absolute atomic E-state index is 0.245. The first-order chi connectivity index (χ1) is 11.7. The van der Waals surface area contributed by atoms with Crippen LogP contribution in [0.5, 0.6) is 0 Å². The van der Waals surface area contributed by atoms with Crippen LogP contribution in [0.25, 0.3) is 0 Å². The van der Waals surface area contributed by atoms with Gasteiger partial charge in [0.1, 0.15) is 5.54 Å². The molecule has 1 aromatic carbocycles. The first-order valence-electron chi connectivity index (χ1n) is 7.73. The van der Waals surface area contributed by atoms with Crippen LogP contribution in [0, 0.1) is 13.8 Å². The minimum atomic E-state index is -1.21. The molecule has 3 amide bonds. The van der Waals surface area contributed by atoms with Crippen LogP contribution in [-0.4, -0.2) is 29.2 Å². The lowest BCUT2D eigenvalue weighted by Crippen LogP contribution is -2.41. The van der Waals surface area contributed by atoms with Gasteiger partial charge in [0.05, 0.1) is 6.54 Å². The predicted molar refractivity (Wildman–Crippen MR) is 97.2 cm³/mol. The monoisotopic (exact) mass is 376 g/mol. The molecule has 25 heavy (non-hydrogen) atoms. The van der Waals surface area contributed by atoms with Crippen LogP contribution in [0.2, 0.25) is 5.02 Å². The number of carbonyl (C=O) groups is 3. The van der Waals surface area contributed by atoms with Gasteiger partial charge in [0, 0.05) is 20.3 Å². The Morgan fingerprint density at radius 3 is 2.44 bits per heavy atom. The number of nitrogens with one attached hydrogen (secondary N) is 1. The van der Waals surface area contributed by atoms with Gasteiger partial charge in [-0.05, 0) is 44.5 Å². The van der Waals surface area contributed by atoms with E-state index in [0.717, 1.165) is 14.7 Å². The number of carbonyl (C=O) groups excluding carboxylic acids is 3. The zero-order valence-electron chi connectivity index (χ0n) is 14.1. The summed E-state index contributed by atoms with van der Waals surface area (Å²) in [6.45, 7) is 5.13. The predicted octanol–water partition coefficient (Wildman–Crippen LogP) is 3.67. The molecule has 0 saturated carbocycles. The fourth-order valence-corrected chi connectivity index (χ4v) is 4.02. The first-order valence-corrected chi connectivity index (χ1v) is 8.92. The van der Waals surface area contributed by atoms with Gasteiger partial charge in [-0.25, -0.2) is 4.79 Å². The van der Waals surface area contributed by atoms with Crippen LogP contribution >= 0.6 is 22.9 Å². The Kier molecular flexibility index (Phi) is 4.43. The van der Waals surface area contributed by atoms with Gasteiger partial charge in [0.2, 0.25) is 0 Å². The molecule has 0 aliphatic carbocycles. The van der Waals surface area contributed by atoms with Crippen molar-refractivity contribution in [2.45, 2.75) is 26.3 Å². The molecule has 1 N–H and O–H groups in total. The van der Waals surface area contributed by atoms with Crippen molar-refractivity contribution in [2.75, 3.05) is 6.54 Å². The molecule has 0 bridgehead atoms. The van der Waals surface area contributed by atoms with Crippen molar-refractivity contribution in [1.29, 1.82) is 0 Å². The average Bonchev–Trinajstić information content (AvgIpc) is 3.00. The summed E-state index contributed by atoms with van der Waals surface area (Å²) >= 11 is 7.40. The van der Waals surface area contributed by atoms with Gasteiger partial charge < -0.3 is 5.32 Å². The van der Waals surface area contributed by atoms with Crippen molar-refractivity contribution >= 4 is 40.7 Å². The summed E-state index contributed by atoms with van der Waals surface area (Å²) in [5.41, 5.74) is -0.0300. The number of thiophene rings is 1. The van der Waals surface area contributed by atoms with Gasteiger partial charge in [-0.15, -0.1) is 11.3 Å². The molecular weight excluding hydrogens is 360 g/mol. The van der Waals surface area contributed by atoms with E-state index in [1.54, 1.807) is 37.3 Å². The number of Topliss-reactive ketones (excluding diaryl/α,β-unsaturated/α-hetero) is 1. The second-order valence-electron chi connectivity index (χ2n) is 6.20. The summed E-state index contributed by atoms with van der Waals surface area (Å²) in [6, 6.07) is 7.93. The summed E-state index contributed by atoms with van der Waals surface area (Å²) in [4.78, 5) is 40.6. The van der Waals surface area contributed by atoms with Gasteiger partial charge in [-0.2, -0.15) is 0 Å². The maximum Gasteiger partial charge on any atom is 0.325 e. The van der Waals surface area contributed by atoms with Gasteiger partial charge in [0.15, 0.2) is 5.78 Å². The highest BCUT2D eigenvalue weighted by Gasteiger charge is 2.49. The van der Waals surface area contributed by atoms with Crippen LogP contribution in [0.15, 0.2) is 30.3 Å². The fraction of sp³-hybridized carbons (Fsp3) is 0.278. The summed E-state index contributed by atoms with van der Waals surface area (Å²) in [5.74, 6) is -0.691. The number of imide groups is 1. The second-order valence-corrected chi connectivity index (χ2v) is 8.10. The maximum atomic E-state index is 12.8. The van der Waals surface area contributed by atoms with Crippen molar-refractivity contribution in [3.05, 3.63) is 56.2 Å². The van der Waals surface area contributed by atoms with Crippen molar-refractivity contribution in [1.82, 2.24) is 10.2 Å². The maximum absolute atomic E-state index is 12.8. The van der Waals surface area contributed by atoms with E-state index in [-0.39, 0.29) is 12.3 Å². The van der Waals surface area contributed by atoms with Crippen LogP contribution < -0.4 is 5.32 Å². The van der Waals surface area contributed by atoms with E-state index in [9.17, 15) is 14.4 Å². The van der Waals surface area contributed by atoms with Crippen molar-refractivity contribution in [3.8, 4) is 0 Å². The van der Waals surface area contributed by atoms with Crippen molar-refractivity contribution < 1.29 is 14.4 Å². The van der Waals surface area contributed by atoms with Crippen LogP contribution in [0.4, 0.5) is 4.79 Å². The molecule has 3 rings (SSSR count). The molecule has 5 nitrogen and oxygen atoms in total. The molecule has 1 saturated heterocycles. The van der Waals surface area contributed by atoms with E-state index in [4.69, 9.17) is 11.6 Å². The summed E-state index contributed by atoms with van der Waals surface area (Å²) in [7, 11) is 0. The standard InChI is InChI=1S/C18H17ClN2O3S/c1-10-8-14(11(2)25-10)15(22)9-21-16(23)18(3,20-17(21)24)12-4-6-13(19)7-5-12/h4-8H,9H2,1-3H3,(H,20,24)/t18-/m1/s1. The largest absolute Gasteiger partial charge is 0.325 e. The zero-order chi connectivity index (χ0) is 18.4. The van der Waals surface area contributed by atoms with Gasteiger partial charge in [-0.1, -0.05) is 23.7 Å². The van der Waals surface area contributed by atoms with E-state index in [1.165, 1.54) is 11.3 Å². The Balaban J connectivity index is 1.85. The summed E-state index contributed by atoms with van der Waals surface area (Å²) in [6.07, 6.45) is 0. The number of rotatable bonds is 4. The van der Waals surface area contributed by atoms with E-state index >= 15 is 0 Å². The molecule has 1 aliphatic rings. The van der Waals surface area contributed by atoms with Crippen LogP contribution in [-0.2, 0) is 10.3 Å². The van der Waals surface area contributed by atoms with Crippen LogP contribution in [0.3, 0.4) is 0 Å². The number of nitrogens with zero attached hydrogens (tertiary/aromatic N) is 1. The van der Waals surface area contributed by atoms with E-state index in [1.807, 2.05) is 13.8 Å². The average molecular weight is 377 g/mol. The molecule has 1 aliphatic heterocycles. The van der Waals surface area contributed by atoms with Crippen LogP contribution in [0.1, 0.15) is 32.6 Å². The number of amides is 3. The van der Waals surface area contributed by atoms with E-state index in [2.05, 4.69) is 5.32 Å². The lowest BCUT2D eigenvalue weighted by molar-refractivity contribution is -0.130. The Labute approximate surface area is 154 Å². The minimum Gasteiger partial charge on any atom is -0.319 e. The highest BCUT2D eigenvalue weighted by atomic mass is 35.5. The molecule has 2 heterocycles. The lowest BCUT2D eigenvalue weighted by Gasteiger charge is -2.22. The number of aryl methyl sites for hydroxylation is 2. The Hall–Kier alpha value is -2.18. The summed E-state index contributed by atoms with van der Waals surface area (Å²) < 4.78 is 0. The smallest absolute Gasteiger partial charge is 0.319 e. The third-order valence-electron chi connectivity index (χ3n) is 4.34. The quantitative estimate of drug-likeness (QED) is 0.654. The zero-order valence-corrected chi connectivity index (χ0v) is 15.6. The Bertz CT molecular complexity index is 875. The van der Waals surface area contributed by atoms with Gasteiger partial charge in [-0.3, -0.25) is 14.5 Å². The summed E-state index contributed by atoms with van der Waals surface area (Å²) in [5, 5.41) is 3.23. The molecule has 0 radical (unpaired) electrons. The Morgan fingerprint density at radius 1 is 1.24 bits per heavy atom. The number of ketones is 1. The molecule has 0 spiro atoms. The molecule has 130 valence electrons. The van der Waals surface area contributed by atoms with E-state index < -0.39 is 17.5 Å². The molecule has 1 atom stereocenters. The highest BCUT2D eigenvalue weighted by Crippen LogP contribution is 2.30. The second kappa shape index (κ2) is 6.28. The van der Waals surface area contributed by atoms with Gasteiger partial charge >= 0.3 is 6.03 Å².